The van der Waals surface area contributed by atoms with Gasteiger partial charge in [0.15, 0.2) is 0 Å². The number of aryl methyl sites for hydroxylation is 1. The molecule has 1 fully saturated rings. The molecule has 3 rings (SSSR count). The molecule has 0 saturated carbocycles. The molecule has 12 heteroatoms. The second kappa shape index (κ2) is 6.83. The van der Waals surface area contributed by atoms with Gasteiger partial charge in [-0.2, -0.15) is 13.2 Å². The van der Waals surface area contributed by atoms with Crippen LogP contribution in [0, 0.1) is 0 Å². The number of hydrogen-bond donors (Lipinski definition) is 3. The van der Waals surface area contributed by atoms with Crippen LogP contribution >= 0.6 is 11.3 Å². The van der Waals surface area contributed by atoms with Crippen LogP contribution in [-0.4, -0.2) is 48.0 Å². The first-order valence-corrected chi connectivity index (χ1v) is 8.86. The lowest BCUT2D eigenvalue weighted by atomic mass is 9.80. The van der Waals surface area contributed by atoms with Crippen LogP contribution in [-0.2, 0) is 21.5 Å². The molecule has 0 bridgehead atoms. The number of urea groups is 2. The number of hydrogen-bond acceptors (Lipinski definition) is 5. The standard InChI is InChI=1S/C15H15F3N4O4S/c16-15(17,18)7-19-12(25)20-10(23)6-22-11(24)14(21-13(22)26)4-1-2-9-8(14)3-5-27-9/h3,5H,1-2,4,6-7H2,(H,21,26)(H2,19,20,23,25)/t14-/m0/s1. The number of thiophene rings is 1. The maximum Gasteiger partial charge on any atom is 0.405 e. The fourth-order valence-corrected chi connectivity index (χ4v) is 4.22. The highest BCUT2D eigenvalue weighted by Crippen LogP contribution is 2.41. The molecule has 1 aliphatic heterocycles. The Morgan fingerprint density at radius 2 is 2.07 bits per heavy atom. The summed E-state index contributed by atoms with van der Waals surface area (Å²) < 4.78 is 36.1. The first-order valence-electron chi connectivity index (χ1n) is 7.98. The van der Waals surface area contributed by atoms with Gasteiger partial charge in [0, 0.05) is 10.4 Å². The zero-order chi connectivity index (χ0) is 19.8. The van der Waals surface area contributed by atoms with Crippen LogP contribution in [0.3, 0.4) is 0 Å². The van der Waals surface area contributed by atoms with Crippen LogP contribution in [0.2, 0.25) is 0 Å². The Morgan fingerprint density at radius 3 is 2.78 bits per heavy atom. The number of nitrogens with one attached hydrogen (secondary N) is 3. The van der Waals surface area contributed by atoms with E-state index in [-0.39, 0.29) is 0 Å². The molecule has 8 nitrogen and oxygen atoms in total. The molecule has 0 unspecified atom stereocenters. The molecule has 1 saturated heterocycles. The summed E-state index contributed by atoms with van der Waals surface area (Å²) in [6.07, 6.45) is -2.78. The van der Waals surface area contributed by atoms with Gasteiger partial charge in [-0.25, -0.2) is 9.59 Å². The average molecular weight is 404 g/mol. The van der Waals surface area contributed by atoms with Gasteiger partial charge in [-0.1, -0.05) is 0 Å². The Kier molecular flexibility index (Phi) is 4.84. The van der Waals surface area contributed by atoms with E-state index in [4.69, 9.17) is 0 Å². The molecule has 3 N–H and O–H groups in total. The van der Waals surface area contributed by atoms with E-state index in [9.17, 15) is 32.3 Å². The summed E-state index contributed by atoms with van der Waals surface area (Å²) in [5.41, 5.74) is -0.535. The molecule has 0 aromatic carbocycles. The third kappa shape index (κ3) is 3.75. The van der Waals surface area contributed by atoms with Crippen molar-refractivity contribution in [1.29, 1.82) is 0 Å². The minimum absolute atomic E-state index is 0.380. The molecular formula is C15H15F3N4O4S. The predicted molar refractivity (Wildman–Crippen MR) is 86.8 cm³/mol. The third-order valence-electron chi connectivity index (χ3n) is 4.34. The van der Waals surface area contributed by atoms with E-state index in [0.717, 1.165) is 11.3 Å². The fourth-order valence-electron chi connectivity index (χ4n) is 3.22. The normalized spacial score (nSPS) is 21.8. The van der Waals surface area contributed by atoms with Gasteiger partial charge in [-0.15, -0.1) is 11.3 Å². The van der Waals surface area contributed by atoms with Crippen molar-refractivity contribution in [3.05, 3.63) is 21.9 Å². The van der Waals surface area contributed by atoms with Crippen molar-refractivity contribution in [3.63, 3.8) is 0 Å². The summed E-state index contributed by atoms with van der Waals surface area (Å²) in [5, 5.41) is 7.58. The minimum Gasteiger partial charge on any atom is -0.329 e. The smallest absolute Gasteiger partial charge is 0.329 e. The van der Waals surface area contributed by atoms with Gasteiger partial charge in [0.1, 0.15) is 18.6 Å². The molecule has 1 aromatic rings. The van der Waals surface area contributed by atoms with Crippen LogP contribution in [0.15, 0.2) is 11.4 Å². The predicted octanol–water partition coefficient (Wildman–Crippen LogP) is 1.22. The lowest BCUT2D eigenvalue weighted by Crippen LogP contribution is -2.49. The van der Waals surface area contributed by atoms with Crippen LogP contribution in [0.1, 0.15) is 23.3 Å². The highest BCUT2D eigenvalue weighted by Gasteiger charge is 2.54. The highest BCUT2D eigenvalue weighted by molar-refractivity contribution is 7.10. The Bertz CT molecular complexity index is 809. The SMILES string of the molecule is O=C(CN1C(=O)N[C@]2(CCCc3sccc32)C1=O)NC(=O)NCC(F)(F)F. The molecule has 6 amide bonds. The van der Waals surface area contributed by atoms with E-state index in [2.05, 4.69) is 5.32 Å². The summed E-state index contributed by atoms with van der Waals surface area (Å²) in [6, 6.07) is -0.396. The van der Waals surface area contributed by atoms with Crippen LogP contribution in [0.5, 0.6) is 0 Å². The first-order chi connectivity index (χ1) is 12.6. The maximum absolute atomic E-state index is 12.8. The summed E-state index contributed by atoms with van der Waals surface area (Å²) in [7, 11) is 0. The van der Waals surface area contributed by atoms with Crippen molar-refractivity contribution in [2.24, 2.45) is 0 Å². The lowest BCUT2D eigenvalue weighted by molar-refractivity contribution is -0.135. The van der Waals surface area contributed by atoms with E-state index < -0.39 is 48.7 Å². The largest absolute Gasteiger partial charge is 0.405 e. The number of halogens is 3. The molecule has 1 atom stereocenters. The van der Waals surface area contributed by atoms with E-state index in [0.29, 0.717) is 23.3 Å². The Balaban J connectivity index is 1.65. The average Bonchev–Trinajstić information content (AvgIpc) is 3.13. The third-order valence-corrected chi connectivity index (χ3v) is 5.32. The summed E-state index contributed by atoms with van der Waals surface area (Å²) >= 11 is 1.47. The number of alkyl halides is 3. The molecule has 1 aliphatic carbocycles. The van der Waals surface area contributed by atoms with Crippen LogP contribution < -0.4 is 16.0 Å². The number of imide groups is 2. The van der Waals surface area contributed by atoms with E-state index in [1.807, 2.05) is 5.38 Å². The minimum atomic E-state index is -4.63. The van der Waals surface area contributed by atoms with Crippen molar-refractivity contribution in [2.45, 2.75) is 31.0 Å². The number of amides is 6. The van der Waals surface area contributed by atoms with Gasteiger partial charge in [0.2, 0.25) is 5.91 Å². The highest BCUT2D eigenvalue weighted by atomic mass is 32.1. The van der Waals surface area contributed by atoms with Crippen molar-refractivity contribution in [1.82, 2.24) is 20.9 Å². The summed E-state index contributed by atoms with van der Waals surface area (Å²) in [6.45, 7) is -2.38. The first kappa shape index (κ1) is 19.1. The monoisotopic (exact) mass is 404 g/mol. The quantitative estimate of drug-likeness (QED) is 0.659. The van der Waals surface area contributed by atoms with Gasteiger partial charge in [0.25, 0.3) is 5.91 Å². The van der Waals surface area contributed by atoms with Gasteiger partial charge in [0.05, 0.1) is 0 Å². The topological polar surface area (TPSA) is 108 Å². The van der Waals surface area contributed by atoms with Crippen molar-refractivity contribution in [3.8, 4) is 0 Å². The number of carbonyl (C=O) groups excluding carboxylic acids is 4. The summed E-state index contributed by atoms with van der Waals surface area (Å²) in [4.78, 5) is 49.9. The van der Waals surface area contributed by atoms with Crippen LogP contribution in [0.25, 0.3) is 0 Å². The number of carbonyl (C=O) groups is 4. The molecule has 0 radical (unpaired) electrons. The van der Waals surface area contributed by atoms with Crippen LogP contribution in [0.4, 0.5) is 22.8 Å². The molecule has 27 heavy (non-hydrogen) atoms. The van der Waals surface area contributed by atoms with Crippen molar-refractivity contribution in [2.75, 3.05) is 13.1 Å². The Hall–Kier alpha value is -2.63. The lowest BCUT2D eigenvalue weighted by Gasteiger charge is -2.31. The molecular weight excluding hydrogens is 389 g/mol. The fraction of sp³-hybridized carbons (Fsp3) is 0.467. The summed E-state index contributed by atoms with van der Waals surface area (Å²) in [5.74, 6) is -1.69. The second-order valence-electron chi connectivity index (χ2n) is 6.18. The van der Waals surface area contributed by atoms with Gasteiger partial charge in [-0.3, -0.25) is 19.8 Å². The Labute approximate surface area is 155 Å². The maximum atomic E-state index is 12.8. The molecule has 1 spiro atoms. The van der Waals surface area contributed by atoms with Crippen molar-refractivity contribution >= 4 is 35.2 Å². The zero-order valence-electron chi connectivity index (χ0n) is 13.8. The van der Waals surface area contributed by atoms with Gasteiger partial charge < -0.3 is 10.6 Å². The second-order valence-corrected chi connectivity index (χ2v) is 7.18. The van der Waals surface area contributed by atoms with Gasteiger partial charge >= 0.3 is 18.2 Å². The Morgan fingerprint density at radius 1 is 1.33 bits per heavy atom. The molecule has 2 aliphatic rings. The van der Waals surface area contributed by atoms with Crippen molar-refractivity contribution < 1.29 is 32.3 Å². The van der Waals surface area contributed by atoms with E-state index >= 15 is 0 Å². The van der Waals surface area contributed by atoms with E-state index in [1.54, 1.807) is 11.4 Å². The van der Waals surface area contributed by atoms with Gasteiger partial charge in [-0.05, 0) is 30.7 Å². The molecule has 146 valence electrons. The number of rotatable bonds is 3. The van der Waals surface area contributed by atoms with E-state index in [1.165, 1.54) is 16.7 Å². The molecule has 2 heterocycles. The zero-order valence-corrected chi connectivity index (χ0v) is 14.6. The molecule has 1 aromatic heterocycles. The number of nitrogens with zero attached hydrogens (tertiary/aromatic N) is 1. The number of fused-ring (bicyclic) bond motifs is 2.